The molecule has 7 heteroatoms. The monoisotopic (exact) mass is 438 g/mol. The molecule has 0 radical (unpaired) electrons. The number of ether oxygens (including phenoxy) is 2. The SMILES string of the molecule is CCNC(=O)c1ccc(NC(=O)c2ccc(OCc3ccccc3Cl)c(OC)c2)cc1. The average molecular weight is 439 g/mol. The molecule has 3 rings (SSSR count). The summed E-state index contributed by atoms with van der Waals surface area (Å²) in [5, 5.41) is 6.16. The van der Waals surface area contributed by atoms with E-state index in [0.717, 1.165) is 5.56 Å². The number of hydrogen-bond donors (Lipinski definition) is 2. The van der Waals surface area contributed by atoms with E-state index in [9.17, 15) is 9.59 Å². The quantitative estimate of drug-likeness (QED) is 0.522. The van der Waals surface area contributed by atoms with Crippen molar-refractivity contribution in [2.45, 2.75) is 13.5 Å². The number of carbonyl (C=O) groups is 2. The number of anilines is 1. The van der Waals surface area contributed by atoms with Gasteiger partial charge in [-0.05, 0) is 55.5 Å². The van der Waals surface area contributed by atoms with Gasteiger partial charge in [-0.2, -0.15) is 0 Å². The second kappa shape index (κ2) is 10.5. The highest BCUT2D eigenvalue weighted by atomic mass is 35.5. The predicted molar refractivity (Wildman–Crippen MR) is 121 cm³/mol. The molecule has 3 aromatic carbocycles. The van der Waals surface area contributed by atoms with Gasteiger partial charge in [-0.25, -0.2) is 0 Å². The zero-order valence-corrected chi connectivity index (χ0v) is 18.0. The number of benzene rings is 3. The standard InChI is InChI=1S/C24H23ClN2O4/c1-3-26-23(28)16-8-11-19(12-9-16)27-24(29)17-10-13-21(22(14-17)30-2)31-15-18-6-4-5-7-20(18)25/h4-14H,3,15H2,1-2H3,(H,26,28)(H,27,29). The Morgan fingerprint density at radius 3 is 2.29 bits per heavy atom. The Morgan fingerprint density at radius 1 is 0.903 bits per heavy atom. The van der Waals surface area contributed by atoms with Crippen LogP contribution in [0.5, 0.6) is 11.5 Å². The van der Waals surface area contributed by atoms with Crippen molar-refractivity contribution < 1.29 is 19.1 Å². The van der Waals surface area contributed by atoms with Crippen LogP contribution in [0, 0.1) is 0 Å². The minimum absolute atomic E-state index is 0.155. The van der Waals surface area contributed by atoms with Crippen LogP contribution in [-0.2, 0) is 6.61 Å². The van der Waals surface area contributed by atoms with Crippen LogP contribution >= 0.6 is 11.6 Å². The Bertz CT molecular complexity index is 1070. The molecule has 2 amide bonds. The van der Waals surface area contributed by atoms with Gasteiger partial charge in [0.15, 0.2) is 11.5 Å². The lowest BCUT2D eigenvalue weighted by Gasteiger charge is -2.13. The van der Waals surface area contributed by atoms with E-state index in [-0.39, 0.29) is 18.4 Å². The second-order valence-electron chi connectivity index (χ2n) is 6.64. The van der Waals surface area contributed by atoms with Gasteiger partial charge in [0.2, 0.25) is 0 Å². The first-order valence-corrected chi connectivity index (χ1v) is 10.1. The highest BCUT2D eigenvalue weighted by Crippen LogP contribution is 2.30. The summed E-state index contributed by atoms with van der Waals surface area (Å²) < 4.78 is 11.2. The summed E-state index contributed by atoms with van der Waals surface area (Å²) >= 11 is 6.16. The van der Waals surface area contributed by atoms with Crippen LogP contribution in [0.15, 0.2) is 66.7 Å². The van der Waals surface area contributed by atoms with E-state index in [4.69, 9.17) is 21.1 Å². The van der Waals surface area contributed by atoms with Crippen LogP contribution in [0.2, 0.25) is 5.02 Å². The molecule has 0 aromatic heterocycles. The zero-order chi connectivity index (χ0) is 22.2. The first kappa shape index (κ1) is 22.2. The number of amides is 2. The third-order valence-electron chi connectivity index (χ3n) is 4.51. The summed E-state index contributed by atoms with van der Waals surface area (Å²) in [4.78, 5) is 24.5. The number of rotatable bonds is 8. The van der Waals surface area contributed by atoms with E-state index in [2.05, 4.69) is 10.6 Å². The predicted octanol–water partition coefficient (Wildman–Crippen LogP) is 4.93. The van der Waals surface area contributed by atoms with Gasteiger partial charge in [0, 0.05) is 33.9 Å². The third kappa shape index (κ3) is 5.77. The van der Waals surface area contributed by atoms with Crippen LogP contribution in [0.3, 0.4) is 0 Å². The molecule has 0 heterocycles. The maximum atomic E-state index is 12.6. The van der Waals surface area contributed by atoms with Crippen molar-refractivity contribution in [1.29, 1.82) is 0 Å². The summed E-state index contributed by atoms with van der Waals surface area (Å²) in [7, 11) is 1.51. The number of carbonyl (C=O) groups excluding carboxylic acids is 2. The Hall–Kier alpha value is -3.51. The van der Waals surface area contributed by atoms with Crippen molar-refractivity contribution in [1.82, 2.24) is 5.32 Å². The molecule has 0 saturated carbocycles. The van der Waals surface area contributed by atoms with E-state index in [1.165, 1.54) is 7.11 Å². The zero-order valence-electron chi connectivity index (χ0n) is 17.3. The molecule has 0 aliphatic carbocycles. The lowest BCUT2D eigenvalue weighted by molar-refractivity contribution is 0.0955. The van der Waals surface area contributed by atoms with Crippen molar-refractivity contribution in [3.8, 4) is 11.5 Å². The first-order chi connectivity index (χ1) is 15.0. The van der Waals surface area contributed by atoms with E-state index < -0.39 is 0 Å². The van der Waals surface area contributed by atoms with Gasteiger partial charge in [0.05, 0.1) is 7.11 Å². The molecule has 3 aromatic rings. The van der Waals surface area contributed by atoms with Gasteiger partial charge in [-0.15, -0.1) is 0 Å². The molecular weight excluding hydrogens is 416 g/mol. The van der Waals surface area contributed by atoms with E-state index >= 15 is 0 Å². The lowest BCUT2D eigenvalue weighted by Crippen LogP contribution is -2.22. The van der Waals surface area contributed by atoms with Gasteiger partial charge >= 0.3 is 0 Å². The molecule has 31 heavy (non-hydrogen) atoms. The molecule has 2 N–H and O–H groups in total. The molecule has 0 atom stereocenters. The number of methoxy groups -OCH3 is 1. The summed E-state index contributed by atoms with van der Waals surface area (Å²) in [6.07, 6.45) is 0. The second-order valence-corrected chi connectivity index (χ2v) is 7.04. The number of halogens is 1. The molecule has 160 valence electrons. The highest BCUT2D eigenvalue weighted by Gasteiger charge is 2.13. The molecular formula is C24H23ClN2O4. The maximum Gasteiger partial charge on any atom is 0.255 e. The van der Waals surface area contributed by atoms with Gasteiger partial charge in [-0.3, -0.25) is 9.59 Å². The smallest absolute Gasteiger partial charge is 0.255 e. The van der Waals surface area contributed by atoms with Crippen molar-refractivity contribution in [2.75, 3.05) is 19.0 Å². The molecule has 0 fully saturated rings. The maximum absolute atomic E-state index is 12.6. The van der Waals surface area contributed by atoms with Crippen LogP contribution < -0.4 is 20.1 Å². The molecule has 0 spiro atoms. The normalized spacial score (nSPS) is 10.3. The van der Waals surface area contributed by atoms with Crippen LogP contribution in [0.25, 0.3) is 0 Å². The van der Waals surface area contributed by atoms with Crippen molar-refractivity contribution in [3.05, 3.63) is 88.4 Å². The lowest BCUT2D eigenvalue weighted by atomic mass is 10.1. The summed E-state index contributed by atoms with van der Waals surface area (Å²) in [6.45, 7) is 2.69. The number of nitrogens with one attached hydrogen (secondary N) is 2. The number of hydrogen-bond acceptors (Lipinski definition) is 4. The van der Waals surface area contributed by atoms with Crippen LogP contribution in [-0.4, -0.2) is 25.5 Å². The van der Waals surface area contributed by atoms with Gasteiger partial charge in [0.1, 0.15) is 6.61 Å². The minimum Gasteiger partial charge on any atom is -0.493 e. The minimum atomic E-state index is -0.304. The first-order valence-electron chi connectivity index (χ1n) is 9.75. The molecule has 6 nitrogen and oxygen atoms in total. The van der Waals surface area contributed by atoms with Crippen LogP contribution in [0.4, 0.5) is 5.69 Å². The molecule has 0 saturated heterocycles. The highest BCUT2D eigenvalue weighted by molar-refractivity contribution is 6.31. The van der Waals surface area contributed by atoms with E-state index in [1.807, 2.05) is 25.1 Å². The Labute approximate surface area is 186 Å². The topological polar surface area (TPSA) is 76.7 Å². The fourth-order valence-corrected chi connectivity index (χ4v) is 3.06. The molecule has 0 bridgehead atoms. The van der Waals surface area contributed by atoms with Crippen LogP contribution in [0.1, 0.15) is 33.2 Å². The molecule has 0 aliphatic heterocycles. The molecule has 0 aliphatic rings. The van der Waals surface area contributed by atoms with Gasteiger partial charge < -0.3 is 20.1 Å². The summed E-state index contributed by atoms with van der Waals surface area (Å²) in [6, 6.07) is 19.1. The summed E-state index contributed by atoms with van der Waals surface area (Å²) in [5.41, 5.74) is 2.37. The van der Waals surface area contributed by atoms with Crippen molar-refractivity contribution in [3.63, 3.8) is 0 Å². The van der Waals surface area contributed by atoms with Crippen molar-refractivity contribution in [2.24, 2.45) is 0 Å². The summed E-state index contributed by atoms with van der Waals surface area (Å²) in [5.74, 6) is 0.482. The largest absolute Gasteiger partial charge is 0.493 e. The van der Waals surface area contributed by atoms with Crippen molar-refractivity contribution >= 4 is 29.1 Å². The fourth-order valence-electron chi connectivity index (χ4n) is 2.87. The Balaban J connectivity index is 1.67. The fraction of sp³-hybridized carbons (Fsp3) is 0.167. The Morgan fingerprint density at radius 2 is 1.61 bits per heavy atom. The average Bonchev–Trinajstić information content (AvgIpc) is 2.79. The van der Waals surface area contributed by atoms with Gasteiger partial charge in [-0.1, -0.05) is 29.8 Å². The van der Waals surface area contributed by atoms with Gasteiger partial charge in [0.25, 0.3) is 11.8 Å². The van der Waals surface area contributed by atoms with E-state index in [1.54, 1.807) is 48.5 Å². The Kier molecular flexibility index (Phi) is 7.51. The molecule has 0 unspecified atom stereocenters. The third-order valence-corrected chi connectivity index (χ3v) is 4.88. The van der Waals surface area contributed by atoms with E-state index in [0.29, 0.717) is 39.9 Å².